The van der Waals surface area contributed by atoms with E-state index in [2.05, 4.69) is 54.6 Å². The van der Waals surface area contributed by atoms with Crippen LogP contribution in [-0.2, 0) is 0 Å². The third-order valence-corrected chi connectivity index (χ3v) is 4.06. The molecule has 0 radical (unpaired) electrons. The number of nitrogens with one attached hydrogen (secondary N) is 1. The van der Waals surface area contributed by atoms with Crippen LogP contribution in [-0.4, -0.2) is 11.5 Å². The molecule has 1 aromatic carbocycles. The van der Waals surface area contributed by atoms with E-state index in [0.29, 0.717) is 6.04 Å². The highest BCUT2D eigenvalue weighted by Crippen LogP contribution is 2.27. The van der Waals surface area contributed by atoms with Crippen LogP contribution >= 0.6 is 0 Å². The highest BCUT2D eigenvalue weighted by atomic mass is 14.9. The first-order valence-corrected chi connectivity index (χ1v) is 8.42. The molecular formula is C19H28N2. The fourth-order valence-electron chi connectivity index (χ4n) is 2.88. The van der Waals surface area contributed by atoms with Gasteiger partial charge in [-0.2, -0.15) is 0 Å². The average Bonchev–Trinajstić information content (AvgIpc) is 2.54. The summed E-state index contributed by atoms with van der Waals surface area (Å²) in [4.78, 5) is 4.45. The smallest absolute Gasteiger partial charge is 0.0346 e. The van der Waals surface area contributed by atoms with Crippen molar-refractivity contribution < 1.29 is 0 Å². The van der Waals surface area contributed by atoms with E-state index in [1.54, 1.807) is 0 Å². The van der Waals surface area contributed by atoms with E-state index in [1.165, 1.54) is 54.9 Å². The fourth-order valence-corrected chi connectivity index (χ4v) is 2.88. The zero-order valence-electron chi connectivity index (χ0n) is 13.4. The molecule has 114 valence electrons. The molecule has 0 aliphatic carbocycles. The molecule has 0 saturated heterocycles. The summed E-state index contributed by atoms with van der Waals surface area (Å²) in [6.07, 6.45) is 11.6. The van der Waals surface area contributed by atoms with E-state index in [4.69, 9.17) is 0 Å². The first kappa shape index (κ1) is 16.0. The number of fused-ring (bicyclic) bond motifs is 1. The van der Waals surface area contributed by atoms with E-state index in [-0.39, 0.29) is 0 Å². The molecule has 0 fully saturated rings. The third kappa shape index (κ3) is 4.53. The second-order valence-electron chi connectivity index (χ2n) is 5.81. The number of aromatic nitrogens is 1. The van der Waals surface area contributed by atoms with Crippen molar-refractivity contribution in [3.63, 3.8) is 0 Å². The first-order chi connectivity index (χ1) is 10.4. The lowest BCUT2D eigenvalue weighted by molar-refractivity contribution is 0.472. The second-order valence-corrected chi connectivity index (χ2v) is 5.81. The van der Waals surface area contributed by atoms with Gasteiger partial charge in [0.15, 0.2) is 0 Å². The Hall–Kier alpha value is -1.41. The molecule has 0 amide bonds. The van der Waals surface area contributed by atoms with Crippen LogP contribution < -0.4 is 5.32 Å². The van der Waals surface area contributed by atoms with Gasteiger partial charge in [-0.25, -0.2) is 0 Å². The van der Waals surface area contributed by atoms with E-state index in [0.717, 1.165) is 6.54 Å². The van der Waals surface area contributed by atoms with Gasteiger partial charge in [-0.1, -0.05) is 63.8 Å². The van der Waals surface area contributed by atoms with E-state index in [1.807, 2.05) is 6.20 Å². The molecule has 1 N–H and O–H groups in total. The molecular weight excluding hydrogens is 256 g/mol. The van der Waals surface area contributed by atoms with Crippen molar-refractivity contribution in [1.82, 2.24) is 10.3 Å². The molecule has 0 aliphatic rings. The maximum atomic E-state index is 4.45. The zero-order valence-corrected chi connectivity index (χ0v) is 13.4. The van der Waals surface area contributed by atoms with Crippen LogP contribution in [0.1, 0.15) is 64.0 Å². The molecule has 0 saturated carbocycles. The summed E-state index contributed by atoms with van der Waals surface area (Å²) in [7, 11) is 0. The van der Waals surface area contributed by atoms with Gasteiger partial charge in [0.05, 0.1) is 0 Å². The lowest BCUT2D eigenvalue weighted by atomic mass is 9.97. The van der Waals surface area contributed by atoms with Crippen molar-refractivity contribution >= 4 is 10.8 Å². The van der Waals surface area contributed by atoms with Crippen molar-refractivity contribution in [2.75, 3.05) is 6.54 Å². The molecule has 0 aliphatic heterocycles. The van der Waals surface area contributed by atoms with Gasteiger partial charge in [0.1, 0.15) is 0 Å². The molecule has 1 aromatic heterocycles. The summed E-state index contributed by atoms with van der Waals surface area (Å²) in [5.74, 6) is 0. The normalized spacial score (nSPS) is 12.7. The molecule has 1 heterocycles. The lowest BCUT2D eigenvalue weighted by Crippen LogP contribution is -2.22. The van der Waals surface area contributed by atoms with Gasteiger partial charge in [0.25, 0.3) is 0 Å². The van der Waals surface area contributed by atoms with Crippen LogP contribution in [0.3, 0.4) is 0 Å². The Morgan fingerprint density at radius 1 is 1.00 bits per heavy atom. The molecule has 2 aromatic rings. The van der Waals surface area contributed by atoms with Crippen LogP contribution in [0.5, 0.6) is 0 Å². The highest BCUT2D eigenvalue weighted by molar-refractivity contribution is 5.85. The van der Waals surface area contributed by atoms with Crippen LogP contribution in [0.4, 0.5) is 0 Å². The fraction of sp³-hybridized carbons (Fsp3) is 0.526. The third-order valence-electron chi connectivity index (χ3n) is 4.06. The van der Waals surface area contributed by atoms with Gasteiger partial charge in [-0.3, -0.25) is 4.98 Å². The Bertz CT molecular complexity index is 531. The quantitative estimate of drug-likeness (QED) is 0.636. The van der Waals surface area contributed by atoms with Gasteiger partial charge in [0, 0.05) is 23.8 Å². The summed E-state index contributed by atoms with van der Waals surface area (Å²) in [6, 6.07) is 9.02. The number of hydrogen-bond donors (Lipinski definition) is 1. The SMILES string of the molecule is CCCCCCC(NCCC)c1cncc2ccccc12. The number of hydrogen-bond acceptors (Lipinski definition) is 2. The maximum Gasteiger partial charge on any atom is 0.0346 e. The Balaban J connectivity index is 2.17. The molecule has 1 unspecified atom stereocenters. The Morgan fingerprint density at radius 3 is 2.67 bits per heavy atom. The Labute approximate surface area is 129 Å². The molecule has 2 heteroatoms. The van der Waals surface area contributed by atoms with Gasteiger partial charge in [-0.05, 0) is 30.3 Å². The van der Waals surface area contributed by atoms with Crippen LogP contribution in [0, 0.1) is 0 Å². The predicted octanol–water partition coefficient (Wildman–Crippen LogP) is 5.25. The maximum absolute atomic E-state index is 4.45. The first-order valence-electron chi connectivity index (χ1n) is 8.42. The van der Waals surface area contributed by atoms with E-state index < -0.39 is 0 Å². The Kier molecular flexibility index (Phi) is 6.68. The van der Waals surface area contributed by atoms with Crippen molar-refractivity contribution in [3.8, 4) is 0 Å². The van der Waals surface area contributed by atoms with Crippen LogP contribution in [0.25, 0.3) is 10.8 Å². The minimum Gasteiger partial charge on any atom is -0.310 e. The van der Waals surface area contributed by atoms with Crippen LogP contribution in [0.15, 0.2) is 36.7 Å². The number of pyridine rings is 1. The van der Waals surface area contributed by atoms with E-state index >= 15 is 0 Å². The summed E-state index contributed by atoms with van der Waals surface area (Å²) in [6.45, 7) is 5.56. The van der Waals surface area contributed by atoms with Crippen LogP contribution in [0.2, 0.25) is 0 Å². The highest BCUT2D eigenvalue weighted by Gasteiger charge is 2.13. The zero-order chi connectivity index (χ0) is 14.9. The van der Waals surface area contributed by atoms with Gasteiger partial charge < -0.3 is 5.32 Å². The number of nitrogens with zero attached hydrogens (tertiary/aromatic N) is 1. The van der Waals surface area contributed by atoms with Gasteiger partial charge >= 0.3 is 0 Å². The summed E-state index contributed by atoms with van der Waals surface area (Å²) in [5.41, 5.74) is 1.36. The van der Waals surface area contributed by atoms with Crippen molar-refractivity contribution in [2.24, 2.45) is 0 Å². The topological polar surface area (TPSA) is 24.9 Å². The second kappa shape index (κ2) is 8.78. The molecule has 0 bridgehead atoms. The largest absolute Gasteiger partial charge is 0.310 e. The minimum atomic E-state index is 0.431. The summed E-state index contributed by atoms with van der Waals surface area (Å²) >= 11 is 0. The standard InChI is InChI=1S/C19H28N2/c1-3-5-6-7-12-19(21-13-4-2)18-15-20-14-16-10-8-9-11-17(16)18/h8-11,14-15,19,21H,3-7,12-13H2,1-2H3. The van der Waals surface area contributed by atoms with Gasteiger partial charge in [0.2, 0.25) is 0 Å². The summed E-state index contributed by atoms with van der Waals surface area (Å²) < 4.78 is 0. The summed E-state index contributed by atoms with van der Waals surface area (Å²) in [5, 5.41) is 6.30. The van der Waals surface area contributed by atoms with Crippen molar-refractivity contribution in [2.45, 2.75) is 58.4 Å². The number of rotatable bonds is 9. The molecule has 2 nitrogen and oxygen atoms in total. The average molecular weight is 284 g/mol. The van der Waals surface area contributed by atoms with Crippen molar-refractivity contribution in [1.29, 1.82) is 0 Å². The molecule has 1 atom stereocenters. The number of benzene rings is 1. The van der Waals surface area contributed by atoms with Gasteiger partial charge in [-0.15, -0.1) is 0 Å². The molecule has 21 heavy (non-hydrogen) atoms. The number of unbranched alkanes of at least 4 members (excludes halogenated alkanes) is 3. The van der Waals surface area contributed by atoms with Crippen molar-refractivity contribution in [3.05, 3.63) is 42.2 Å². The molecule has 2 rings (SSSR count). The van der Waals surface area contributed by atoms with E-state index in [9.17, 15) is 0 Å². The predicted molar refractivity (Wildman–Crippen MR) is 91.5 cm³/mol. The molecule has 0 spiro atoms. The minimum absolute atomic E-state index is 0.431. The monoisotopic (exact) mass is 284 g/mol. The lowest BCUT2D eigenvalue weighted by Gasteiger charge is -2.20. The Morgan fingerprint density at radius 2 is 1.86 bits per heavy atom.